The molecule has 1 aromatic heterocycles. The van der Waals surface area contributed by atoms with Crippen LogP contribution in [0.15, 0.2) is 47.6 Å². The van der Waals surface area contributed by atoms with E-state index in [1.807, 2.05) is 0 Å². The average molecular weight is 400 g/mol. The number of nitrogens with zero attached hydrogens (tertiary/aromatic N) is 3. The van der Waals surface area contributed by atoms with Crippen molar-refractivity contribution in [3.8, 4) is 17.1 Å². The lowest BCUT2D eigenvalue weighted by Gasteiger charge is -2.07. The van der Waals surface area contributed by atoms with E-state index in [2.05, 4.69) is 14.9 Å². The van der Waals surface area contributed by atoms with E-state index in [4.69, 9.17) is 11.6 Å². The first-order valence-electron chi connectivity index (χ1n) is 7.46. The topological polar surface area (TPSA) is 39.9 Å². The van der Waals surface area contributed by atoms with Crippen LogP contribution in [0.5, 0.6) is 5.75 Å². The van der Waals surface area contributed by atoms with Gasteiger partial charge >= 0.3 is 6.61 Å². The predicted molar refractivity (Wildman–Crippen MR) is 94.0 cm³/mol. The summed E-state index contributed by atoms with van der Waals surface area (Å²) in [6.07, 6.45) is 0. The van der Waals surface area contributed by atoms with E-state index in [1.54, 1.807) is 35.9 Å². The van der Waals surface area contributed by atoms with Gasteiger partial charge in [0.25, 0.3) is 0 Å². The number of halogens is 4. The third-order valence-corrected chi connectivity index (χ3v) is 4.98. The van der Waals surface area contributed by atoms with Gasteiger partial charge in [0.15, 0.2) is 11.0 Å². The number of hydrogen-bond donors (Lipinski definition) is 0. The molecule has 4 nitrogen and oxygen atoms in total. The summed E-state index contributed by atoms with van der Waals surface area (Å²) in [6.45, 7) is -2.87. The molecule has 0 fully saturated rings. The Kier molecular flexibility index (Phi) is 5.73. The maximum absolute atomic E-state index is 13.8. The molecule has 0 aliphatic carbocycles. The molecule has 0 atom stereocenters. The molecule has 0 saturated carbocycles. The molecular formula is C17H13ClF3N3OS. The average Bonchev–Trinajstić information content (AvgIpc) is 2.95. The molecular weight excluding hydrogens is 387 g/mol. The fourth-order valence-electron chi connectivity index (χ4n) is 2.28. The second-order valence-corrected chi connectivity index (χ2v) is 6.61. The number of benzene rings is 2. The number of alkyl halides is 2. The SMILES string of the molecule is Cn1c(SCc2c(F)cccc2Cl)nnc1-c1ccc(OC(F)F)cc1. The van der Waals surface area contributed by atoms with Crippen LogP contribution in [0.25, 0.3) is 11.4 Å². The Morgan fingerprint density at radius 3 is 2.54 bits per heavy atom. The van der Waals surface area contributed by atoms with Gasteiger partial charge in [-0.2, -0.15) is 8.78 Å². The van der Waals surface area contributed by atoms with Gasteiger partial charge in [-0.1, -0.05) is 29.4 Å². The first kappa shape index (κ1) is 18.6. The Morgan fingerprint density at radius 1 is 1.15 bits per heavy atom. The second-order valence-electron chi connectivity index (χ2n) is 5.26. The third kappa shape index (κ3) is 4.13. The molecule has 0 N–H and O–H groups in total. The number of thioether (sulfide) groups is 1. The van der Waals surface area contributed by atoms with Crippen molar-refractivity contribution in [3.05, 3.63) is 58.9 Å². The minimum atomic E-state index is -2.87. The van der Waals surface area contributed by atoms with Gasteiger partial charge in [-0.25, -0.2) is 4.39 Å². The van der Waals surface area contributed by atoms with Crippen molar-refractivity contribution in [2.45, 2.75) is 17.5 Å². The van der Waals surface area contributed by atoms with Gasteiger partial charge < -0.3 is 9.30 Å². The second kappa shape index (κ2) is 8.01. The number of rotatable bonds is 6. The third-order valence-electron chi connectivity index (χ3n) is 3.58. The van der Waals surface area contributed by atoms with Crippen molar-refractivity contribution in [1.29, 1.82) is 0 Å². The molecule has 136 valence electrons. The van der Waals surface area contributed by atoms with E-state index >= 15 is 0 Å². The van der Waals surface area contributed by atoms with Crippen molar-refractivity contribution < 1.29 is 17.9 Å². The lowest BCUT2D eigenvalue weighted by Crippen LogP contribution is -2.01. The molecule has 0 bridgehead atoms. The van der Waals surface area contributed by atoms with Crippen LogP contribution in [-0.4, -0.2) is 21.4 Å². The van der Waals surface area contributed by atoms with Crippen LogP contribution in [0.3, 0.4) is 0 Å². The Bertz CT molecular complexity index is 883. The monoisotopic (exact) mass is 399 g/mol. The molecule has 0 radical (unpaired) electrons. The Hall–Kier alpha value is -2.19. The number of ether oxygens (including phenoxy) is 1. The normalized spacial score (nSPS) is 11.2. The van der Waals surface area contributed by atoms with Gasteiger partial charge in [-0.05, 0) is 36.4 Å². The van der Waals surface area contributed by atoms with Gasteiger partial charge in [0, 0.05) is 29.0 Å². The van der Waals surface area contributed by atoms with E-state index in [0.717, 1.165) is 0 Å². The quantitative estimate of drug-likeness (QED) is 0.536. The summed E-state index contributed by atoms with van der Waals surface area (Å²) in [5, 5.41) is 9.14. The zero-order valence-corrected chi connectivity index (χ0v) is 15.1. The fraction of sp³-hybridized carbons (Fsp3) is 0.176. The van der Waals surface area contributed by atoms with Crippen LogP contribution in [-0.2, 0) is 12.8 Å². The lowest BCUT2D eigenvalue weighted by molar-refractivity contribution is -0.0498. The molecule has 0 saturated heterocycles. The van der Waals surface area contributed by atoms with E-state index in [9.17, 15) is 13.2 Å². The van der Waals surface area contributed by atoms with Crippen molar-refractivity contribution >= 4 is 23.4 Å². The van der Waals surface area contributed by atoms with Gasteiger partial charge in [0.05, 0.1) is 0 Å². The van der Waals surface area contributed by atoms with Crippen LogP contribution < -0.4 is 4.74 Å². The summed E-state index contributed by atoms with van der Waals surface area (Å²) in [4.78, 5) is 0. The summed E-state index contributed by atoms with van der Waals surface area (Å²) < 4.78 is 44.3. The van der Waals surface area contributed by atoms with Gasteiger partial charge in [-0.3, -0.25) is 0 Å². The Balaban J connectivity index is 1.75. The van der Waals surface area contributed by atoms with Crippen LogP contribution >= 0.6 is 23.4 Å². The molecule has 26 heavy (non-hydrogen) atoms. The largest absolute Gasteiger partial charge is 0.435 e. The van der Waals surface area contributed by atoms with Gasteiger partial charge in [0.2, 0.25) is 0 Å². The van der Waals surface area contributed by atoms with Gasteiger partial charge in [-0.15, -0.1) is 10.2 Å². The first-order valence-corrected chi connectivity index (χ1v) is 8.82. The van der Waals surface area contributed by atoms with E-state index < -0.39 is 6.61 Å². The molecule has 0 spiro atoms. The molecule has 3 rings (SSSR count). The summed E-state index contributed by atoms with van der Waals surface area (Å²) in [7, 11) is 1.77. The summed E-state index contributed by atoms with van der Waals surface area (Å²) in [5.41, 5.74) is 1.09. The lowest BCUT2D eigenvalue weighted by atomic mass is 10.2. The zero-order valence-electron chi connectivity index (χ0n) is 13.5. The van der Waals surface area contributed by atoms with Crippen molar-refractivity contribution in [2.75, 3.05) is 0 Å². The molecule has 0 unspecified atom stereocenters. The summed E-state index contributed by atoms with van der Waals surface area (Å²) in [5.74, 6) is 0.547. The van der Waals surface area contributed by atoms with Crippen molar-refractivity contribution in [2.24, 2.45) is 7.05 Å². The van der Waals surface area contributed by atoms with E-state index in [1.165, 1.54) is 30.0 Å². The van der Waals surface area contributed by atoms with Crippen molar-refractivity contribution in [3.63, 3.8) is 0 Å². The molecule has 1 heterocycles. The van der Waals surface area contributed by atoms with Crippen LogP contribution in [0.1, 0.15) is 5.56 Å². The van der Waals surface area contributed by atoms with Crippen LogP contribution in [0, 0.1) is 5.82 Å². The molecule has 0 aliphatic rings. The molecule has 0 aliphatic heterocycles. The molecule has 0 amide bonds. The maximum Gasteiger partial charge on any atom is 0.387 e. The molecule has 2 aromatic carbocycles. The zero-order chi connectivity index (χ0) is 18.7. The minimum absolute atomic E-state index is 0.0645. The van der Waals surface area contributed by atoms with Crippen molar-refractivity contribution in [1.82, 2.24) is 14.8 Å². The Labute approximate surface area is 157 Å². The highest BCUT2D eigenvalue weighted by molar-refractivity contribution is 7.98. The van der Waals surface area contributed by atoms with Crippen LogP contribution in [0.2, 0.25) is 5.02 Å². The highest BCUT2D eigenvalue weighted by Crippen LogP contribution is 2.29. The summed E-state index contributed by atoms with van der Waals surface area (Å²) >= 11 is 7.32. The highest BCUT2D eigenvalue weighted by Gasteiger charge is 2.14. The first-order chi connectivity index (χ1) is 12.5. The highest BCUT2D eigenvalue weighted by atomic mass is 35.5. The fourth-order valence-corrected chi connectivity index (χ4v) is 3.54. The van der Waals surface area contributed by atoms with E-state index in [0.29, 0.717) is 32.9 Å². The van der Waals surface area contributed by atoms with Gasteiger partial charge in [0.1, 0.15) is 11.6 Å². The smallest absolute Gasteiger partial charge is 0.387 e. The molecule has 9 heteroatoms. The standard InChI is InChI=1S/C17H13ClF3N3OS/c1-24-15(10-5-7-11(8-6-10)25-16(20)21)22-23-17(24)26-9-12-13(18)3-2-4-14(12)19/h2-8,16H,9H2,1H3. The Morgan fingerprint density at radius 2 is 1.88 bits per heavy atom. The molecule has 3 aromatic rings. The predicted octanol–water partition coefficient (Wildman–Crippen LogP) is 5.17. The summed E-state index contributed by atoms with van der Waals surface area (Å²) in [6, 6.07) is 10.6. The van der Waals surface area contributed by atoms with Crippen LogP contribution in [0.4, 0.5) is 13.2 Å². The minimum Gasteiger partial charge on any atom is -0.435 e. The number of aromatic nitrogens is 3. The maximum atomic E-state index is 13.8. The van der Waals surface area contributed by atoms with E-state index in [-0.39, 0.29) is 11.6 Å². The number of hydrogen-bond acceptors (Lipinski definition) is 4.